The first kappa shape index (κ1) is 35.1. The van der Waals surface area contributed by atoms with Crippen LogP contribution in [0.2, 0.25) is 0 Å². The van der Waals surface area contributed by atoms with E-state index in [4.69, 9.17) is 4.74 Å². The number of aromatic nitrogens is 2. The number of hydrogen-bond donors (Lipinski definition) is 5. The lowest BCUT2D eigenvalue weighted by molar-refractivity contribution is -0.131. The smallest absolute Gasteiger partial charge is 0.408 e. The summed E-state index contributed by atoms with van der Waals surface area (Å²) in [6, 6.07) is 6.98. The van der Waals surface area contributed by atoms with Crippen molar-refractivity contribution in [3.8, 4) is 0 Å². The van der Waals surface area contributed by atoms with Crippen LogP contribution in [0.25, 0.3) is 0 Å². The number of nitrogens with zero attached hydrogens (tertiary/aromatic N) is 1. The number of benzene rings is 1. The quantitative estimate of drug-likeness (QED) is 0.195. The summed E-state index contributed by atoms with van der Waals surface area (Å²) >= 11 is 0. The van der Waals surface area contributed by atoms with Gasteiger partial charge in [0.15, 0.2) is 0 Å². The van der Waals surface area contributed by atoms with Crippen LogP contribution in [0.4, 0.5) is 4.79 Å². The average Bonchev–Trinajstić information content (AvgIpc) is 3.48. The Labute approximate surface area is 262 Å². The minimum Gasteiger partial charge on any atom is -0.444 e. The summed E-state index contributed by atoms with van der Waals surface area (Å²) < 4.78 is 5.43. The zero-order valence-corrected chi connectivity index (χ0v) is 27.1. The van der Waals surface area contributed by atoms with Crippen molar-refractivity contribution >= 4 is 17.9 Å². The topological polar surface area (TPSA) is 145 Å². The number of H-pyrrole nitrogens is 1. The molecule has 0 spiro atoms. The van der Waals surface area contributed by atoms with Gasteiger partial charge in [0, 0.05) is 24.7 Å². The molecular weight excluding hydrogens is 558 g/mol. The monoisotopic (exact) mass is 611 g/mol. The van der Waals surface area contributed by atoms with Crippen LogP contribution in [0.15, 0.2) is 42.9 Å². The third-order valence-corrected chi connectivity index (χ3v) is 8.05. The normalized spacial score (nSPS) is 16.9. The van der Waals surface area contributed by atoms with Crippen molar-refractivity contribution < 1.29 is 24.2 Å². The van der Waals surface area contributed by atoms with Gasteiger partial charge in [-0.1, -0.05) is 76.3 Å². The van der Waals surface area contributed by atoms with Crippen molar-refractivity contribution in [1.29, 1.82) is 0 Å². The molecule has 1 fully saturated rings. The van der Waals surface area contributed by atoms with Crippen molar-refractivity contribution in [2.24, 2.45) is 11.8 Å². The van der Waals surface area contributed by atoms with Crippen molar-refractivity contribution in [3.63, 3.8) is 0 Å². The lowest BCUT2D eigenvalue weighted by atomic mass is 9.83. The second-order valence-corrected chi connectivity index (χ2v) is 13.6. The molecule has 1 aliphatic carbocycles. The van der Waals surface area contributed by atoms with Gasteiger partial charge >= 0.3 is 6.09 Å². The number of nitrogens with one attached hydrogen (secondary N) is 4. The molecule has 10 heteroatoms. The molecule has 1 aromatic heterocycles. The number of alkyl carbamates (subject to hydrolysis) is 1. The van der Waals surface area contributed by atoms with Gasteiger partial charge in [-0.3, -0.25) is 9.59 Å². The first-order chi connectivity index (χ1) is 20.9. The van der Waals surface area contributed by atoms with Crippen molar-refractivity contribution in [3.05, 3.63) is 54.1 Å². The third kappa shape index (κ3) is 12.7. The Kier molecular flexibility index (Phi) is 13.7. The average molecular weight is 612 g/mol. The van der Waals surface area contributed by atoms with E-state index >= 15 is 0 Å². The molecule has 244 valence electrons. The number of carbonyl (C=O) groups is 3. The van der Waals surface area contributed by atoms with Gasteiger partial charge in [0.2, 0.25) is 11.8 Å². The summed E-state index contributed by atoms with van der Waals surface area (Å²) in [4.78, 5) is 47.5. The van der Waals surface area contributed by atoms with E-state index in [0.717, 1.165) is 24.8 Å². The number of carbonyl (C=O) groups excluding carboxylic acids is 3. The summed E-state index contributed by atoms with van der Waals surface area (Å²) in [5.41, 5.74) is 0.776. The molecule has 3 rings (SSSR count). The van der Waals surface area contributed by atoms with Crippen LogP contribution in [0, 0.1) is 11.8 Å². The molecule has 1 aliphatic rings. The summed E-state index contributed by atoms with van der Waals surface area (Å²) in [6.45, 7) is 9.50. The van der Waals surface area contributed by atoms with E-state index in [2.05, 4.69) is 39.8 Å². The second kappa shape index (κ2) is 17.2. The Morgan fingerprint density at radius 3 is 2.23 bits per heavy atom. The standard InChI is InChI=1S/C34H53N5O5/c1-23(2)16-17-30(40)27(18-24-12-8-6-9-13-24)37-32(42)29(20-26-21-35-22-36-26)38-31(41)28(19-25-14-10-7-11-15-25)39-33(43)44-34(3,4)5/h7,10-11,14-15,21-24,27-30,40H,6,8-9,12-13,16-20H2,1-5H3,(H,35,36)(H,37,42)(H,38,41)(H,39,43)/t27-,28-,29-,30-/m0/s1. The van der Waals surface area contributed by atoms with Crippen LogP contribution in [0.5, 0.6) is 0 Å². The molecule has 3 amide bonds. The molecule has 1 heterocycles. The highest BCUT2D eigenvalue weighted by molar-refractivity contribution is 5.91. The van der Waals surface area contributed by atoms with Gasteiger partial charge in [-0.2, -0.15) is 0 Å². The number of imidazole rings is 1. The Balaban J connectivity index is 1.80. The van der Waals surface area contributed by atoms with Gasteiger partial charge in [0.05, 0.1) is 18.5 Å². The highest BCUT2D eigenvalue weighted by Crippen LogP contribution is 2.29. The number of aliphatic hydroxyl groups is 1. The number of hydrogen-bond acceptors (Lipinski definition) is 6. The first-order valence-electron chi connectivity index (χ1n) is 16.2. The second-order valence-electron chi connectivity index (χ2n) is 13.6. The Hall–Kier alpha value is -3.40. The number of amides is 3. The van der Waals surface area contributed by atoms with Gasteiger partial charge in [-0.15, -0.1) is 0 Å². The fourth-order valence-corrected chi connectivity index (χ4v) is 5.69. The number of ether oxygens (including phenoxy) is 1. The number of aromatic amines is 1. The lowest BCUT2D eigenvalue weighted by Crippen LogP contribution is -2.57. The fraction of sp³-hybridized carbons (Fsp3) is 0.647. The molecule has 1 saturated carbocycles. The van der Waals surface area contributed by atoms with E-state index in [1.54, 1.807) is 27.0 Å². The maximum absolute atomic E-state index is 13.9. The van der Waals surface area contributed by atoms with Gasteiger partial charge < -0.3 is 30.8 Å². The molecule has 0 saturated heterocycles. The van der Waals surface area contributed by atoms with Crippen LogP contribution >= 0.6 is 0 Å². The Morgan fingerprint density at radius 2 is 1.61 bits per heavy atom. The maximum Gasteiger partial charge on any atom is 0.408 e. The van der Waals surface area contributed by atoms with E-state index in [1.807, 2.05) is 30.3 Å². The largest absolute Gasteiger partial charge is 0.444 e. The zero-order valence-electron chi connectivity index (χ0n) is 27.1. The van der Waals surface area contributed by atoms with Crippen molar-refractivity contribution in [2.45, 2.75) is 129 Å². The van der Waals surface area contributed by atoms with Crippen molar-refractivity contribution in [1.82, 2.24) is 25.9 Å². The molecule has 0 radical (unpaired) electrons. The van der Waals surface area contributed by atoms with Gasteiger partial charge in [-0.25, -0.2) is 9.78 Å². The summed E-state index contributed by atoms with van der Waals surface area (Å²) in [7, 11) is 0. The van der Waals surface area contributed by atoms with Crippen LogP contribution in [0.3, 0.4) is 0 Å². The molecular formula is C34H53N5O5. The molecule has 0 bridgehead atoms. The summed E-state index contributed by atoms with van der Waals surface area (Å²) in [5.74, 6) is -0.0181. The molecule has 44 heavy (non-hydrogen) atoms. The van der Waals surface area contributed by atoms with E-state index in [-0.39, 0.29) is 18.7 Å². The maximum atomic E-state index is 13.9. The van der Waals surface area contributed by atoms with E-state index in [1.165, 1.54) is 25.6 Å². The zero-order chi connectivity index (χ0) is 32.1. The first-order valence-corrected chi connectivity index (χ1v) is 16.2. The molecule has 2 aromatic rings. The molecule has 5 N–H and O–H groups in total. The van der Waals surface area contributed by atoms with Crippen LogP contribution in [-0.4, -0.2) is 62.8 Å². The fourth-order valence-electron chi connectivity index (χ4n) is 5.69. The SMILES string of the molecule is CC(C)CC[C@H](O)[C@H](CC1CCCCC1)NC(=O)[C@H](Cc1cnc[nH]1)NC(=O)[C@H](Cc1ccccc1)NC(=O)OC(C)(C)C. The van der Waals surface area contributed by atoms with E-state index in [0.29, 0.717) is 30.4 Å². The van der Waals surface area contributed by atoms with Gasteiger partial charge in [-0.05, 0) is 57.4 Å². The van der Waals surface area contributed by atoms with Crippen LogP contribution in [0.1, 0.15) is 97.2 Å². The minimum absolute atomic E-state index is 0.167. The number of aliphatic hydroxyl groups excluding tert-OH is 1. The Morgan fingerprint density at radius 1 is 0.955 bits per heavy atom. The predicted molar refractivity (Wildman–Crippen MR) is 171 cm³/mol. The predicted octanol–water partition coefficient (Wildman–Crippen LogP) is 4.83. The number of rotatable bonds is 15. The van der Waals surface area contributed by atoms with Gasteiger partial charge in [0.25, 0.3) is 0 Å². The van der Waals surface area contributed by atoms with Crippen LogP contribution in [-0.2, 0) is 27.2 Å². The summed E-state index contributed by atoms with van der Waals surface area (Å²) in [5, 5.41) is 19.9. The van der Waals surface area contributed by atoms with Gasteiger partial charge in [0.1, 0.15) is 17.7 Å². The molecule has 1 aromatic carbocycles. The molecule has 0 unspecified atom stereocenters. The van der Waals surface area contributed by atoms with E-state index in [9.17, 15) is 19.5 Å². The van der Waals surface area contributed by atoms with E-state index < -0.39 is 41.8 Å². The summed E-state index contributed by atoms with van der Waals surface area (Å²) in [6.07, 6.45) is 9.99. The molecule has 10 nitrogen and oxygen atoms in total. The lowest BCUT2D eigenvalue weighted by Gasteiger charge is -2.32. The highest BCUT2D eigenvalue weighted by atomic mass is 16.6. The molecule has 4 atom stereocenters. The van der Waals surface area contributed by atoms with Crippen molar-refractivity contribution in [2.75, 3.05) is 0 Å². The third-order valence-electron chi connectivity index (χ3n) is 8.05. The highest BCUT2D eigenvalue weighted by Gasteiger charge is 2.32. The minimum atomic E-state index is -0.987. The Bertz CT molecular complexity index is 1140. The van der Waals surface area contributed by atoms with Crippen LogP contribution < -0.4 is 16.0 Å². The molecule has 0 aliphatic heterocycles.